The van der Waals surface area contributed by atoms with Gasteiger partial charge in [0, 0.05) is 11.6 Å². The Labute approximate surface area is 170 Å². The van der Waals surface area contributed by atoms with Gasteiger partial charge in [-0.3, -0.25) is 4.79 Å². The van der Waals surface area contributed by atoms with Gasteiger partial charge in [-0.25, -0.2) is 26.3 Å². The number of benzene rings is 2. The fourth-order valence-electron chi connectivity index (χ4n) is 2.45. The maximum Gasteiger partial charge on any atom is 0.255 e. The molecule has 0 bridgehead atoms. The molecule has 29 heavy (non-hydrogen) atoms. The Morgan fingerprint density at radius 2 is 1.62 bits per heavy atom. The molecule has 0 aromatic heterocycles. The van der Waals surface area contributed by atoms with Gasteiger partial charge in [-0.2, -0.15) is 0 Å². The van der Waals surface area contributed by atoms with E-state index < -0.39 is 26.0 Å². The SMILES string of the molecule is CNS(=O)(=O)c1cccc(C(=O)Nc2cc(S(=O)(=O)NC(C)C)ccc2OC)c1. The Bertz CT molecular complexity index is 1110. The van der Waals surface area contributed by atoms with E-state index in [9.17, 15) is 21.6 Å². The molecule has 2 aromatic rings. The molecule has 0 unspecified atom stereocenters. The molecule has 158 valence electrons. The van der Waals surface area contributed by atoms with Crippen molar-refractivity contribution in [3.05, 3.63) is 48.0 Å². The van der Waals surface area contributed by atoms with Crippen LogP contribution in [0.3, 0.4) is 0 Å². The van der Waals surface area contributed by atoms with Crippen LogP contribution in [0.15, 0.2) is 52.3 Å². The number of methoxy groups -OCH3 is 1. The molecule has 0 saturated heterocycles. The van der Waals surface area contributed by atoms with Gasteiger partial charge in [0.15, 0.2) is 0 Å². The number of hydrogen-bond acceptors (Lipinski definition) is 6. The van der Waals surface area contributed by atoms with E-state index in [1.165, 1.54) is 56.6 Å². The summed E-state index contributed by atoms with van der Waals surface area (Å²) in [7, 11) is -4.85. The van der Waals surface area contributed by atoms with Crippen molar-refractivity contribution in [3.8, 4) is 5.75 Å². The van der Waals surface area contributed by atoms with Gasteiger partial charge in [0.05, 0.1) is 22.6 Å². The van der Waals surface area contributed by atoms with Crippen LogP contribution in [0.5, 0.6) is 5.75 Å². The number of ether oxygens (including phenoxy) is 1. The predicted molar refractivity (Wildman–Crippen MR) is 109 cm³/mol. The zero-order valence-corrected chi connectivity index (χ0v) is 18.0. The van der Waals surface area contributed by atoms with E-state index in [0.717, 1.165) is 0 Å². The van der Waals surface area contributed by atoms with Gasteiger partial charge in [0.1, 0.15) is 5.75 Å². The van der Waals surface area contributed by atoms with E-state index in [1.807, 2.05) is 0 Å². The van der Waals surface area contributed by atoms with Gasteiger partial charge in [-0.05, 0) is 57.3 Å². The summed E-state index contributed by atoms with van der Waals surface area (Å²) in [5.74, 6) is -0.372. The topological polar surface area (TPSA) is 131 Å². The number of carbonyl (C=O) groups excluding carboxylic acids is 1. The minimum atomic E-state index is -3.78. The van der Waals surface area contributed by atoms with Crippen LogP contribution >= 0.6 is 0 Å². The van der Waals surface area contributed by atoms with Crippen LogP contribution in [0.2, 0.25) is 0 Å². The number of sulfonamides is 2. The number of nitrogens with one attached hydrogen (secondary N) is 3. The number of hydrogen-bond donors (Lipinski definition) is 3. The summed E-state index contributed by atoms with van der Waals surface area (Å²) in [6.07, 6.45) is 0. The first-order valence-corrected chi connectivity index (χ1v) is 11.5. The van der Waals surface area contributed by atoms with Gasteiger partial charge in [-0.15, -0.1) is 0 Å². The summed E-state index contributed by atoms with van der Waals surface area (Å²) in [6.45, 7) is 3.38. The van der Waals surface area contributed by atoms with Crippen LogP contribution in [0, 0.1) is 0 Å². The molecule has 0 heterocycles. The third-order valence-corrected chi connectivity index (χ3v) is 6.86. The van der Waals surface area contributed by atoms with Gasteiger partial charge in [0.25, 0.3) is 5.91 Å². The van der Waals surface area contributed by atoms with Crippen molar-refractivity contribution in [2.24, 2.45) is 0 Å². The normalized spacial score (nSPS) is 12.0. The average molecular weight is 442 g/mol. The zero-order valence-electron chi connectivity index (χ0n) is 16.4. The van der Waals surface area contributed by atoms with Crippen molar-refractivity contribution in [2.45, 2.75) is 29.7 Å². The summed E-state index contributed by atoms with van der Waals surface area (Å²) < 4.78 is 58.5. The van der Waals surface area contributed by atoms with Gasteiger partial charge < -0.3 is 10.1 Å². The Morgan fingerprint density at radius 1 is 0.966 bits per heavy atom. The average Bonchev–Trinajstić information content (AvgIpc) is 2.67. The van der Waals surface area contributed by atoms with E-state index in [1.54, 1.807) is 13.8 Å². The lowest BCUT2D eigenvalue weighted by Gasteiger charge is -2.14. The molecule has 0 spiro atoms. The fraction of sp³-hybridized carbons (Fsp3) is 0.278. The van der Waals surface area contributed by atoms with E-state index in [0.29, 0.717) is 0 Å². The molecule has 0 atom stereocenters. The van der Waals surface area contributed by atoms with Crippen LogP contribution in [0.1, 0.15) is 24.2 Å². The fourth-order valence-corrected chi connectivity index (χ4v) is 4.50. The molecule has 0 aliphatic carbocycles. The Balaban J connectivity index is 2.40. The summed E-state index contributed by atoms with van der Waals surface area (Å²) in [4.78, 5) is 12.5. The first-order valence-electron chi connectivity index (χ1n) is 8.55. The highest BCUT2D eigenvalue weighted by Crippen LogP contribution is 2.28. The Morgan fingerprint density at radius 3 is 2.21 bits per heavy atom. The van der Waals surface area contributed by atoms with Crippen molar-refractivity contribution >= 4 is 31.6 Å². The quantitative estimate of drug-likeness (QED) is 0.570. The Hall–Kier alpha value is -2.47. The smallest absolute Gasteiger partial charge is 0.255 e. The Kier molecular flexibility index (Phi) is 7.01. The van der Waals surface area contributed by atoms with Crippen molar-refractivity contribution in [3.63, 3.8) is 0 Å². The third-order valence-electron chi connectivity index (χ3n) is 3.80. The summed E-state index contributed by atoms with van der Waals surface area (Å²) >= 11 is 0. The first-order chi connectivity index (χ1) is 13.5. The molecule has 2 rings (SSSR count). The van der Waals surface area contributed by atoms with E-state index in [2.05, 4.69) is 14.8 Å². The minimum Gasteiger partial charge on any atom is -0.495 e. The first kappa shape index (κ1) is 22.8. The molecule has 3 N–H and O–H groups in total. The van der Waals surface area contributed by atoms with Crippen LogP contribution in [0.25, 0.3) is 0 Å². The number of rotatable bonds is 8. The van der Waals surface area contributed by atoms with Crippen LogP contribution in [0.4, 0.5) is 5.69 Å². The van der Waals surface area contributed by atoms with Crippen LogP contribution in [-0.2, 0) is 20.0 Å². The maximum atomic E-state index is 12.6. The van der Waals surface area contributed by atoms with Gasteiger partial charge >= 0.3 is 0 Å². The van der Waals surface area contributed by atoms with E-state index in [-0.39, 0.29) is 32.8 Å². The summed E-state index contributed by atoms with van der Waals surface area (Å²) in [5.41, 5.74) is 0.211. The molecule has 0 radical (unpaired) electrons. The lowest BCUT2D eigenvalue weighted by atomic mass is 10.2. The highest BCUT2D eigenvalue weighted by Gasteiger charge is 2.20. The highest BCUT2D eigenvalue weighted by molar-refractivity contribution is 7.89. The standard InChI is InChI=1S/C18H23N3O6S2/c1-12(2)21-29(25,26)15-8-9-17(27-4)16(11-15)20-18(22)13-6-5-7-14(10-13)28(23,24)19-3/h5-12,19,21H,1-4H3,(H,20,22). The van der Waals surface area contributed by atoms with Crippen molar-refractivity contribution in [1.82, 2.24) is 9.44 Å². The molecule has 11 heteroatoms. The van der Waals surface area contributed by atoms with Crippen molar-refractivity contribution in [1.29, 1.82) is 0 Å². The molecular weight excluding hydrogens is 418 g/mol. The monoisotopic (exact) mass is 441 g/mol. The highest BCUT2D eigenvalue weighted by atomic mass is 32.2. The number of anilines is 1. The third kappa shape index (κ3) is 5.54. The molecule has 0 aliphatic heterocycles. The van der Waals surface area contributed by atoms with Gasteiger partial charge in [-0.1, -0.05) is 6.07 Å². The number of amides is 1. The second kappa shape index (κ2) is 8.91. The predicted octanol–water partition coefficient (Wildman–Crippen LogP) is 1.54. The van der Waals surface area contributed by atoms with Gasteiger partial charge in [0.2, 0.25) is 20.0 Å². The second-order valence-electron chi connectivity index (χ2n) is 6.33. The number of carbonyl (C=O) groups is 1. The second-order valence-corrected chi connectivity index (χ2v) is 9.93. The van der Waals surface area contributed by atoms with Crippen LogP contribution in [-0.4, -0.2) is 42.9 Å². The molecule has 0 saturated carbocycles. The molecule has 9 nitrogen and oxygen atoms in total. The zero-order chi connectivity index (χ0) is 21.8. The van der Waals surface area contributed by atoms with E-state index in [4.69, 9.17) is 4.74 Å². The van der Waals surface area contributed by atoms with Crippen LogP contribution < -0.4 is 19.5 Å². The van der Waals surface area contributed by atoms with Crippen molar-refractivity contribution < 1.29 is 26.4 Å². The molecule has 0 aliphatic rings. The molecular formula is C18H23N3O6S2. The molecule has 1 amide bonds. The molecule has 0 fully saturated rings. The van der Waals surface area contributed by atoms with E-state index >= 15 is 0 Å². The lowest BCUT2D eigenvalue weighted by molar-refractivity contribution is 0.102. The lowest BCUT2D eigenvalue weighted by Crippen LogP contribution is -2.30. The summed E-state index contributed by atoms with van der Waals surface area (Å²) in [5, 5.41) is 2.57. The largest absolute Gasteiger partial charge is 0.495 e. The van der Waals surface area contributed by atoms with Crippen molar-refractivity contribution in [2.75, 3.05) is 19.5 Å². The minimum absolute atomic E-state index is 0.0474. The molecule has 2 aromatic carbocycles. The summed E-state index contributed by atoms with van der Waals surface area (Å²) in [6, 6.07) is 9.20. The maximum absolute atomic E-state index is 12.6.